The Balaban J connectivity index is 1.60. The Bertz CT molecular complexity index is 840. The maximum Gasteiger partial charge on any atom is 0.407 e. The van der Waals surface area contributed by atoms with Crippen LogP contribution < -0.4 is 10.6 Å². The maximum absolute atomic E-state index is 12.3. The Morgan fingerprint density at radius 2 is 1.81 bits per heavy atom. The van der Waals surface area contributed by atoms with Gasteiger partial charge in [0.15, 0.2) is 0 Å². The van der Waals surface area contributed by atoms with Crippen LogP contribution in [0.3, 0.4) is 0 Å². The lowest BCUT2D eigenvalue weighted by Crippen LogP contribution is -2.47. The van der Waals surface area contributed by atoms with Crippen LogP contribution in [0.2, 0.25) is 5.02 Å². The van der Waals surface area contributed by atoms with E-state index in [1.54, 1.807) is 0 Å². The van der Waals surface area contributed by atoms with Crippen molar-refractivity contribution >= 4 is 17.7 Å². The molecule has 0 radical (unpaired) electrons. The van der Waals surface area contributed by atoms with Gasteiger partial charge in [-0.3, -0.25) is 0 Å². The molecular weight excluding hydrogens is 408 g/mol. The predicted octanol–water partition coefficient (Wildman–Crippen LogP) is 5.88. The highest BCUT2D eigenvalue weighted by atomic mass is 35.5. The molecule has 4 nitrogen and oxygen atoms in total. The second-order valence-electron chi connectivity index (χ2n) is 9.61. The minimum Gasteiger partial charge on any atom is -0.444 e. The normalized spacial score (nSPS) is 21.5. The first kappa shape index (κ1) is 23.6. The maximum atomic E-state index is 12.3. The molecule has 0 atom stereocenters. The first-order valence-corrected chi connectivity index (χ1v) is 11.6. The van der Waals surface area contributed by atoms with Crippen LogP contribution in [0.1, 0.15) is 57.6 Å². The van der Waals surface area contributed by atoms with E-state index in [0.29, 0.717) is 12.6 Å². The van der Waals surface area contributed by atoms with Gasteiger partial charge in [0.2, 0.25) is 0 Å². The van der Waals surface area contributed by atoms with Crippen LogP contribution in [-0.2, 0) is 16.6 Å². The van der Waals surface area contributed by atoms with Gasteiger partial charge in [-0.15, -0.1) is 0 Å². The van der Waals surface area contributed by atoms with Crippen LogP contribution in [0.15, 0.2) is 54.6 Å². The average molecular weight is 443 g/mol. The molecule has 1 aliphatic carbocycles. The van der Waals surface area contributed by atoms with Gasteiger partial charge in [-0.1, -0.05) is 54.1 Å². The van der Waals surface area contributed by atoms with Gasteiger partial charge in [-0.2, -0.15) is 0 Å². The Hall–Kier alpha value is -2.04. The summed E-state index contributed by atoms with van der Waals surface area (Å²) in [6.45, 7) is 7.18. The van der Waals surface area contributed by atoms with Crippen LogP contribution in [0.25, 0.3) is 0 Å². The molecule has 5 heteroatoms. The van der Waals surface area contributed by atoms with Crippen molar-refractivity contribution in [3.05, 3.63) is 70.7 Å². The van der Waals surface area contributed by atoms with Crippen molar-refractivity contribution in [2.45, 2.75) is 69.9 Å². The fraction of sp³-hybridized carbons (Fsp3) is 0.500. The monoisotopic (exact) mass is 442 g/mol. The number of carbonyl (C=O) groups is 1. The van der Waals surface area contributed by atoms with Crippen LogP contribution >= 0.6 is 11.6 Å². The number of hydrogen-bond acceptors (Lipinski definition) is 3. The second-order valence-corrected chi connectivity index (χ2v) is 10.0. The fourth-order valence-corrected chi connectivity index (χ4v) is 4.57. The van der Waals surface area contributed by atoms with E-state index in [4.69, 9.17) is 16.3 Å². The van der Waals surface area contributed by atoms with Crippen LogP contribution in [-0.4, -0.2) is 30.8 Å². The molecule has 0 spiro atoms. The van der Waals surface area contributed by atoms with Gasteiger partial charge in [0.25, 0.3) is 0 Å². The number of halogens is 1. The zero-order chi connectivity index (χ0) is 22.3. The minimum atomic E-state index is -0.506. The Kier molecular flexibility index (Phi) is 8.01. The summed E-state index contributed by atoms with van der Waals surface area (Å²) in [6.07, 6.45) is 4.79. The van der Waals surface area contributed by atoms with Crippen LogP contribution in [0, 0.1) is 0 Å². The molecule has 1 amide bonds. The Morgan fingerprint density at radius 3 is 2.45 bits per heavy atom. The van der Waals surface area contributed by atoms with Gasteiger partial charge in [0.1, 0.15) is 5.60 Å². The number of alkyl carbamates (subject to hydrolysis) is 1. The Labute approximate surface area is 191 Å². The van der Waals surface area contributed by atoms with Crippen molar-refractivity contribution in [1.29, 1.82) is 0 Å². The number of carbonyl (C=O) groups excluding carboxylic acids is 1. The highest BCUT2D eigenvalue weighted by Gasteiger charge is 2.37. The van der Waals surface area contributed by atoms with Crippen LogP contribution in [0.5, 0.6) is 0 Å². The molecule has 3 rings (SSSR count). The summed E-state index contributed by atoms with van der Waals surface area (Å²) in [7, 11) is 0. The molecule has 1 fully saturated rings. The molecule has 0 heterocycles. The molecule has 0 unspecified atom stereocenters. The van der Waals surface area contributed by atoms with E-state index in [0.717, 1.165) is 43.7 Å². The lowest BCUT2D eigenvalue weighted by Gasteiger charge is -2.41. The van der Waals surface area contributed by atoms with Crippen molar-refractivity contribution in [2.24, 2.45) is 0 Å². The molecule has 0 aromatic heterocycles. The second kappa shape index (κ2) is 10.5. The van der Waals surface area contributed by atoms with Crippen molar-refractivity contribution in [3.63, 3.8) is 0 Å². The van der Waals surface area contributed by atoms with Crippen molar-refractivity contribution in [2.75, 3.05) is 13.1 Å². The zero-order valence-electron chi connectivity index (χ0n) is 18.9. The summed E-state index contributed by atoms with van der Waals surface area (Å²) in [5.74, 6) is 0. The molecule has 1 aliphatic rings. The smallest absolute Gasteiger partial charge is 0.407 e. The fourth-order valence-electron chi connectivity index (χ4n) is 4.38. The first-order chi connectivity index (χ1) is 14.8. The molecule has 2 N–H and O–H groups in total. The molecule has 2 aromatic rings. The summed E-state index contributed by atoms with van der Waals surface area (Å²) in [5.41, 5.74) is 1.92. The predicted molar refractivity (Wildman–Crippen MR) is 128 cm³/mol. The number of nitrogens with one attached hydrogen (secondary N) is 2. The molecule has 0 bridgehead atoms. The number of rotatable bonds is 7. The van der Waals surface area contributed by atoms with Crippen molar-refractivity contribution in [3.8, 4) is 0 Å². The van der Waals surface area contributed by atoms with Gasteiger partial charge in [0.05, 0.1) is 0 Å². The van der Waals surface area contributed by atoms with E-state index in [-0.39, 0.29) is 11.5 Å². The van der Waals surface area contributed by atoms with Gasteiger partial charge >= 0.3 is 6.09 Å². The Morgan fingerprint density at radius 1 is 1.10 bits per heavy atom. The van der Waals surface area contributed by atoms with Gasteiger partial charge in [-0.25, -0.2) is 4.79 Å². The molecule has 0 saturated heterocycles. The summed E-state index contributed by atoms with van der Waals surface area (Å²) >= 11 is 6.31. The standard InChI is InChI=1S/C26H35ClN2O2/c1-25(2,3)31-24(30)29-19-26(21-10-7-11-22(27)18-21)15-12-23(13-16-26)28-17-14-20-8-5-4-6-9-20/h4-11,18,23,28H,12-17,19H2,1-3H3,(H,29,30)/t23-,26-. The van der Waals surface area contributed by atoms with Gasteiger partial charge in [0, 0.05) is 23.0 Å². The van der Waals surface area contributed by atoms with E-state index in [2.05, 4.69) is 47.0 Å². The highest BCUT2D eigenvalue weighted by Crippen LogP contribution is 2.40. The summed E-state index contributed by atoms with van der Waals surface area (Å²) < 4.78 is 5.46. The van der Waals surface area contributed by atoms with Gasteiger partial charge < -0.3 is 15.4 Å². The molecular formula is C26H35ClN2O2. The highest BCUT2D eigenvalue weighted by molar-refractivity contribution is 6.30. The lowest BCUT2D eigenvalue weighted by atomic mass is 9.68. The zero-order valence-corrected chi connectivity index (χ0v) is 19.7. The minimum absolute atomic E-state index is 0.126. The largest absolute Gasteiger partial charge is 0.444 e. The van der Waals surface area contributed by atoms with Crippen molar-refractivity contribution in [1.82, 2.24) is 10.6 Å². The molecule has 31 heavy (non-hydrogen) atoms. The third kappa shape index (κ3) is 7.26. The number of amides is 1. The number of ether oxygens (including phenoxy) is 1. The SMILES string of the molecule is CC(C)(C)OC(=O)NC[C@]1(c2cccc(Cl)c2)CC[C@H](NCCc2ccccc2)CC1. The first-order valence-electron chi connectivity index (χ1n) is 11.3. The third-order valence-electron chi connectivity index (χ3n) is 6.04. The quantitative estimate of drug-likeness (QED) is 0.563. The summed E-state index contributed by atoms with van der Waals surface area (Å²) in [4.78, 5) is 12.3. The van der Waals surface area contributed by atoms with Crippen molar-refractivity contribution < 1.29 is 9.53 Å². The lowest BCUT2D eigenvalue weighted by molar-refractivity contribution is 0.0506. The van der Waals surface area contributed by atoms with E-state index in [1.165, 1.54) is 11.1 Å². The molecule has 168 valence electrons. The number of benzene rings is 2. The topological polar surface area (TPSA) is 50.4 Å². The third-order valence-corrected chi connectivity index (χ3v) is 6.27. The van der Waals surface area contributed by atoms with Gasteiger partial charge in [-0.05, 0) is 82.7 Å². The van der Waals surface area contributed by atoms with E-state index in [9.17, 15) is 4.79 Å². The molecule has 2 aromatic carbocycles. The molecule has 0 aliphatic heterocycles. The number of hydrogen-bond donors (Lipinski definition) is 2. The summed E-state index contributed by atoms with van der Waals surface area (Å²) in [5, 5.41) is 7.48. The average Bonchev–Trinajstić information content (AvgIpc) is 2.73. The molecule has 1 saturated carbocycles. The summed E-state index contributed by atoms with van der Waals surface area (Å²) in [6, 6.07) is 19.2. The van der Waals surface area contributed by atoms with Crippen LogP contribution in [0.4, 0.5) is 4.79 Å². The van der Waals surface area contributed by atoms with E-state index < -0.39 is 5.60 Å². The van der Waals surface area contributed by atoms with E-state index in [1.807, 2.05) is 39.0 Å². The van der Waals surface area contributed by atoms with E-state index >= 15 is 0 Å².